The van der Waals surface area contributed by atoms with Gasteiger partial charge in [-0.3, -0.25) is 0 Å². The van der Waals surface area contributed by atoms with Crippen molar-refractivity contribution in [1.82, 2.24) is 20.2 Å². The normalized spacial score (nSPS) is 10.6. The van der Waals surface area contributed by atoms with Crippen LogP contribution in [0.5, 0.6) is 0 Å². The summed E-state index contributed by atoms with van der Waals surface area (Å²) in [5.41, 5.74) is 0. The lowest BCUT2D eigenvalue weighted by Gasteiger charge is -2.06. The molecule has 0 aliphatic carbocycles. The van der Waals surface area contributed by atoms with Crippen LogP contribution in [0.25, 0.3) is 0 Å². The quantitative estimate of drug-likeness (QED) is 0.591. The number of esters is 1. The fourth-order valence-electron chi connectivity index (χ4n) is 1.53. The molecule has 2 rings (SSSR count). The van der Waals surface area contributed by atoms with E-state index in [1.807, 2.05) is 0 Å². The number of hydrogen-bond donors (Lipinski definition) is 0. The van der Waals surface area contributed by atoms with E-state index in [1.54, 1.807) is 25.1 Å². The second-order valence-corrected chi connectivity index (χ2v) is 5.85. The number of aryl methyl sites for hydroxylation is 1. The first-order valence-electron chi connectivity index (χ1n) is 6.13. The fourth-order valence-corrected chi connectivity index (χ4v) is 2.95. The number of aromatic nitrogens is 4. The monoisotopic (exact) mass is 346 g/mol. The van der Waals surface area contributed by atoms with Crippen LogP contribution in [-0.4, -0.2) is 38.5 Å². The smallest absolute Gasteiger partial charge is 0.378 e. The Morgan fingerprint density at radius 1 is 1.43 bits per heavy atom. The van der Waals surface area contributed by atoms with Crippen molar-refractivity contribution in [3.63, 3.8) is 0 Å². The number of hydrogen-bond acceptors (Lipinski definition) is 6. The SMILES string of the molecule is CCOC(=O)c1nnnn1CCSc1cc(Cl)ccc1Cl. The molecule has 112 valence electrons. The fraction of sp³-hybridized carbons (Fsp3) is 0.333. The summed E-state index contributed by atoms with van der Waals surface area (Å²) >= 11 is 13.5. The van der Waals surface area contributed by atoms with Crippen molar-refractivity contribution in [2.24, 2.45) is 0 Å². The van der Waals surface area contributed by atoms with E-state index in [4.69, 9.17) is 27.9 Å². The molecule has 0 saturated heterocycles. The summed E-state index contributed by atoms with van der Waals surface area (Å²) in [6, 6.07) is 5.27. The maximum Gasteiger partial charge on any atom is 0.378 e. The number of tetrazole rings is 1. The first kappa shape index (κ1) is 16.1. The summed E-state index contributed by atoms with van der Waals surface area (Å²) in [5.74, 6) is 0.195. The highest BCUT2D eigenvalue weighted by atomic mass is 35.5. The summed E-state index contributed by atoms with van der Waals surface area (Å²) in [6.45, 7) is 2.45. The van der Waals surface area contributed by atoms with Gasteiger partial charge in [0.15, 0.2) is 0 Å². The molecular formula is C12H12Cl2N4O2S. The molecular weight excluding hydrogens is 335 g/mol. The second-order valence-electron chi connectivity index (χ2n) is 3.87. The van der Waals surface area contributed by atoms with E-state index in [0.717, 1.165) is 4.90 Å². The minimum Gasteiger partial charge on any atom is -0.460 e. The minimum absolute atomic E-state index is 0.0923. The van der Waals surface area contributed by atoms with Gasteiger partial charge in [0.25, 0.3) is 5.82 Å². The van der Waals surface area contributed by atoms with E-state index >= 15 is 0 Å². The topological polar surface area (TPSA) is 69.9 Å². The van der Waals surface area contributed by atoms with E-state index in [9.17, 15) is 4.79 Å². The zero-order valence-corrected chi connectivity index (χ0v) is 13.5. The van der Waals surface area contributed by atoms with Gasteiger partial charge in [-0.15, -0.1) is 16.9 Å². The van der Waals surface area contributed by atoms with Crippen molar-refractivity contribution in [2.75, 3.05) is 12.4 Å². The average molecular weight is 347 g/mol. The first-order valence-corrected chi connectivity index (χ1v) is 7.87. The molecule has 0 aliphatic rings. The van der Waals surface area contributed by atoms with Gasteiger partial charge in [0.2, 0.25) is 0 Å². The van der Waals surface area contributed by atoms with Crippen molar-refractivity contribution in [3.8, 4) is 0 Å². The van der Waals surface area contributed by atoms with Crippen LogP contribution in [0.2, 0.25) is 10.0 Å². The van der Waals surface area contributed by atoms with Gasteiger partial charge in [-0.25, -0.2) is 9.48 Å². The van der Waals surface area contributed by atoms with Crippen molar-refractivity contribution < 1.29 is 9.53 Å². The molecule has 21 heavy (non-hydrogen) atoms. The number of rotatable bonds is 6. The minimum atomic E-state index is -0.534. The number of carbonyl (C=O) groups excluding carboxylic acids is 1. The molecule has 2 aromatic rings. The zero-order chi connectivity index (χ0) is 15.2. The molecule has 0 fully saturated rings. The van der Waals surface area contributed by atoms with Gasteiger partial charge >= 0.3 is 5.97 Å². The molecule has 0 radical (unpaired) electrons. The Morgan fingerprint density at radius 3 is 3.00 bits per heavy atom. The molecule has 6 nitrogen and oxygen atoms in total. The summed E-state index contributed by atoms with van der Waals surface area (Å²) in [6.07, 6.45) is 0. The van der Waals surface area contributed by atoms with E-state index in [2.05, 4.69) is 15.5 Å². The summed E-state index contributed by atoms with van der Waals surface area (Å²) in [5, 5.41) is 12.2. The van der Waals surface area contributed by atoms with Crippen LogP contribution in [0.3, 0.4) is 0 Å². The third-order valence-electron chi connectivity index (χ3n) is 2.44. The van der Waals surface area contributed by atoms with Crippen molar-refractivity contribution in [1.29, 1.82) is 0 Å². The molecule has 0 bridgehead atoms. The number of halogens is 2. The summed E-state index contributed by atoms with van der Waals surface area (Å²) < 4.78 is 6.28. The Bertz CT molecular complexity index is 635. The highest BCUT2D eigenvalue weighted by Crippen LogP contribution is 2.29. The van der Waals surface area contributed by atoms with Crippen molar-refractivity contribution >= 4 is 40.9 Å². The van der Waals surface area contributed by atoms with Crippen LogP contribution < -0.4 is 0 Å². The molecule has 0 atom stereocenters. The number of thioether (sulfide) groups is 1. The Hall–Kier alpha value is -1.31. The largest absolute Gasteiger partial charge is 0.460 e. The maximum absolute atomic E-state index is 11.6. The standard InChI is InChI=1S/C12H12Cl2N4O2S/c1-2-20-12(19)11-15-16-17-18(11)5-6-21-10-7-8(13)3-4-9(10)14/h3-4,7H,2,5-6H2,1H3. The van der Waals surface area contributed by atoms with Crippen molar-refractivity contribution in [3.05, 3.63) is 34.1 Å². The predicted molar refractivity (Wildman–Crippen MR) is 81.0 cm³/mol. The average Bonchev–Trinajstić information content (AvgIpc) is 2.91. The number of ether oxygens (including phenoxy) is 1. The molecule has 1 aromatic heterocycles. The molecule has 0 saturated carbocycles. The molecule has 0 spiro atoms. The predicted octanol–water partition coefficient (Wildman–Crippen LogP) is 2.95. The lowest BCUT2D eigenvalue weighted by atomic mass is 10.4. The van der Waals surface area contributed by atoms with Gasteiger partial charge in [-0.1, -0.05) is 23.2 Å². The first-order chi connectivity index (χ1) is 10.1. The van der Waals surface area contributed by atoms with E-state index < -0.39 is 5.97 Å². The van der Waals surface area contributed by atoms with Gasteiger partial charge in [0, 0.05) is 15.7 Å². The number of carbonyl (C=O) groups is 1. The Kier molecular flexibility index (Phi) is 5.84. The Labute approximate surface area is 135 Å². The van der Waals surface area contributed by atoms with Crippen LogP contribution in [0, 0.1) is 0 Å². The van der Waals surface area contributed by atoms with Crippen LogP contribution in [-0.2, 0) is 11.3 Å². The lowest BCUT2D eigenvalue weighted by Crippen LogP contribution is -2.15. The zero-order valence-electron chi connectivity index (χ0n) is 11.1. The van der Waals surface area contributed by atoms with E-state index in [1.165, 1.54) is 16.4 Å². The van der Waals surface area contributed by atoms with Gasteiger partial charge < -0.3 is 4.74 Å². The third kappa shape index (κ3) is 4.33. The Balaban J connectivity index is 1.96. The number of benzene rings is 1. The van der Waals surface area contributed by atoms with Crippen LogP contribution in [0.15, 0.2) is 23.1 Å². The molecule has 0 N–H and O–H groups in total. The molecule has 0 unspecified atom stereocenters. The van der Waals surface area contributed by atoms with Crippen LogP contribution in [0.4, 0.5) is 0 Å². The van der Waals surface area contributed by atoms with Crippen LogP contribution >= 0.6 is 35.0 Å². The van der Waals surface area contributed by atoms with Crippen LogP contribution in [0.1, 0.15) is 17.5 Å². The molecule has 9 heteroatoms. The van der Waals surface area contributed by atoms with Gasteiger partial charge in [-0.2, -0.15) is 0 Å². The number of nitrogens with zero attached hydrogens (tertiary/aromatic N) is 4. The molecule has 1 aromatic carbocycles. The molecule has 0 amide bonds. The third-order valence-corrected chi connectivity index (χ3v) is 4.16. The van der Waals surface area contributed by atoms with E-state index in [0.29, 0.717) is 22.3 Å². The van der Waals surface area contributed by atoms with Gasteiger partial charge in [0.1, 0.15) is 0 Å². The molecule has 1 heterocycles. The summed E-state index contributed by atoms with van der Waals surface area (Å²) in [4.78, 5) is 12.5. The van der Waals surface area contributed by atoms with Crippen molar-refractivity contribution in [2.45, 2.75) is 18.4 Å². The Morgan fingerprint density at radius 2 is 2.24 bits per heavy atom. The highest BCUT2D eigenvalue weighted by molar-refractivity contribution is 7.99. The maximum atomic E-state index is 11.6. The van der Waals surface area contributed by atoms with Gasteiger partial charge in [0.05, 0.1) is 18.2 Å². The lowest BCUT2D eigenvalue weighted by molar-refractivity contribution is 0.0504. The summed E-state index contributed by atoms with van der Waals surface area (Å²) in [7, 11) is 0. The highest BCUT2D eigenvalue weighted by Gasteiger charge is 2.16. The molecule has 0 aliphatic heterocycles. The second kappa shape index (κ2) is 7.63. The van der Waals surface area contributed by atoms with Gasteiger partial charge in [-0.05, 0) is 35.5 Å². The van der Waals surface area contributed by atoms with E-state index in [-0.39, 0.29) is 12.4 Å².